The lowest BCUT2D eigenvalue weighted by Gasteiger charge is -2.12. The first-order valence-corrected chi connectivity index (χ1v) is 10.1. The van der Waals surface area contributed by atoms with Crippen LogP contribution in [0.5, 0.6) is 17.2 Å². The summed E-state index contributed by atoms with van der Waals surface area (Å²) in [5.41, 5.74) is 4.28. The SMILES string of the molecule is COc1cc(/C=N/NC(=O)c2cccc(NC(=O)c3cccc(Cl)c3)c2)cc(OC)c1OC. The van der Waals surface area contributed by atoms with Crippen molar-refractivity contribution in [1.29, 1.82) is 0 Å². The smallest absolute Gasteiger partial charge is 0.271 e. The maximum absolute atomic E-state index is 12.5. The third-order valence-electron chi connectivity index (χ3n) is 4.54. The maximum Gasteiger partial charge on any atom is 0.271 e. The van der Waals surface area contributed by atoms with E-state index < -0.39 is 5.91 Å². The molecule has 33 heavy (non-hydrogen) atoms. The van der Waals surface area contributed by atoms with E-state index in [4.69, 9.17) is 25.8 Å². The van der Waals surface area contributed by atoms with Gasteiger partial charge in [-0.2, -0.15) is 5.10 Å². The van der Waals surface area contributed by atoms with Crippen LogP contribution in [0.3, 0.4) is 0 Å². The summed E-state index contributed by atoms with van der Waals surface area (Å²) in [6.07, 6.45) is 1.45. The molecule has 0 aromatic heterocycles. The standard InChI is InChI=1S/C24H22ClN3O5/c1-31-20-10-15(11-21(32-2)22(20)33-3)14-26-28-24(30)17-7-5-9-19(13-17)27-23(29)16-6-4-8-18(25)12-16/h4-14H,1-3H3,(H,27,29)(H,28,30)/b26-14+. The number of rotatable bonds is 8. The van der Waals surface area contributed by atoms with Crippen molar-refractivity contribution in [2.45, 2.75) is 0 Å². The molecule has 3 rings (SSSR count). The van der Waals surface area contributed by atoms with Crippen molar-refractivity contribution in [1.82, 2.24) is 5.43 Å². The van der Waals surface area contributed by atoms with Gasteiger partial charge in [-0.05, 0) is 48.5 Å². The van der Waals surface area contributed by atoms with E-state index in [-0.39, 0.29) is 5.91 Å². The fourth-order valence-electron chi connectivity index (χ4n) is 2.98. The minimum atomic E-state index is -0.447. The predicted molar refractivity (Wildman–Crippen MR) is 127 cm³/mol. The highest BCUT2D eigenvalue weighted by atomic mass is 35.5. The molecule has 0 heterocycles. The summed E-state index contributed by atoms with van der Waals surface area (Å²) in [5.74, 6) is 0.603. The van der Waals surface area contributed by atoms with Crippen LogP contribution in [0.2, 0.25) is 5.02 Å². The summed E-state index contributed by atoms with van der Waals surface area (Å²) in [6, 6.07) is 16.5. The van der Waals surface area contributed by atoms with Crippen LogP contribution in [0, 0.1) is 0 Å². The van der Waals surface area contributed by atoms with Crippen LogP contribution in [0.25, 0.3) is 0 Å². The summed E-state index contributed by atoms with van der Waals surface area (Å²) in [6.45, 7) is 0. The maximum atomic E-state index is 12.5. The third kappa shape index (κ3) is 6.02. The van der Waals surface area contributed by atoms with Crippen molar-refractivity contribution >= 4 is 35.3 Å². The Balaban J connectivity index is 1.69. The first kappa shape index (κ1) is 23.6. The molecule has 0 atom stereocenters. The van der Waals surface area contributed by atoms with Crippen LogP contribution in [0.4, 0.5) is 5.69 Å². The summed E-state index contributed by atoms with van der Waals surface area (Å²) >= 11 is 5.93. The Morgan fingerprint density at radius 1 is 0.848 bits per heavy atom. The van der Waals surface area contributed by atoms with E-state index >= 15 is 0 Å². The van der Waals surface area contributed by atoms with Crippen molar-refractivity contribution in [3.63, 3.8) is 0 Å². The van der Waals surface area contributed by atoms with E-state index in [1.165, 1.54) is 27.5 Å². The van der Waals surface area contributed by atoms with Crippen LogP contribution in [-0.4, -0.2) is 39.4 Å². The summed E-state index contributed by atoms with van der Waals surface area (Å²) in [5, 5.41) is 7.20. The molecule has 0 unspecified atom stereocenters. The molecule has 0 spiro atoms. The van der Waals surface area contributed by atoms with Gasteiger partial charge in [-0.25, -0.2) is 5.43 Å². The van der Waals surface area contributed by atoms with Gasteiger partial charge in [0.1, 0.15) is 0 Å². The van der Waals surface area contributed by atoms with E-state index in [1.54, 1.807) is 60.7 Å². The van der Waals surface area contributed by atoms with Gasteiger partial charge in [-0.3, -0.25) is 9.59 Å². The number of carbonyl (C=O) groups is 2. The molecule has 0 saturated heterocycles. The summed E-state index contributed by atoms with van der Waals surface area (Å²) in [7, 11) is 4.54. The monoisotopic (exact) mass is 467 g/mol. The molecular formula is C24H22ClN3O5. The molecule has 8 nitrogen and oxygen atoms in total. The average Bonchev–Trinajstić information content (AvgIpc) is 2.83. The van der Waals surface area contributed by atoms with Gasteiger partial charge >= 0.3 is 0 Å². The number of amides is 2. The number of hydrogen-bond acceptors (Lipinski definition) is 6. The molecular weight excluding hydrogens is 446 g/mol. The highest BCUT2D eigenvalue weighted by Crippen LogP contribution is 2.37. The number of ether oxygens (including phenoxy) is 3. The topological polar surface area (TPSA) is 98.2 Å². The molecule has 0 fully saturated rings. The largest absolute Gasteiger partial charge is 0.493 e. The Bertz CT molecular complexity index is 1170. The zero-order valence-electron chi connectivity index (χ0n) is 18.2. The Kier molecular flexibility index (Phi) is 7.88. The lowest BCUT2D eigenvalue weighted by molar-refractivity contribution is 0.0953. The zero-order valence-corrected chi connectivity index (χ0v) is 19.0. The molecule has 0 aliphatic rings. The van der Waals surface area contributed by atoms with Gasteiger partial charge in [0.25, 0.3) is 11.8 Å². The number of nitrogens with one attached hydrogen (secondary N) is 2. The Hall–Kier alpha value is -4.04. The van der Waals surface area contributed by atoms with Gasteiger partial charge in [-0.1, -0.05) is 23.7 Å². The number of halogens is 1. The van der Waals surface area contributed by atoms with Crippen LogP contribution in [-0.2, 0) is 0 Å². The van der Waals surface area contributed by atoms with Crippen LogP contribution >= 0.6 is 11.6 Å². The van der Waals surface area contributed by atoms with Crippen molar-refractivity contribution in [2.24, 2.45) is 5.10 Å². The van der Waals surface area contributed by atoms with Gasteiger partial charge in [0, 0.05) is 27.4 Å². The number of hydrazone groups is 1. The molecule has 0 radical (unpaired) electrons. The second-order valence-corrected chi connectivity index (χ2v) is 7.14. The highest BCUT2D eigenvalue weighted by molar-refractivity contribution is 6.31. The molecule has 170 valence electrons. The van der Waals surface area contributed by atoms with Gasteiger partial charge in [-0.15, -0.1) is 0 Å². The predicted octanol–water partition coefficient (Wildman–Crippen LogP) is 4.38. The number of carbonyl (C=O) groups excluding carboxylic acids is 2. The third-order valence-corrected chi connectivity index (χ3v) is 4.77. The van der Waals surface area contributed by atoms with E-state index in [1.807, 2.05) is 0 Å². The normalized spacial score (nSPS) is 10.5. The first-order valence-electron chi connectivity index (χ1n) is 9.75. The minimum absolute atomic E-state index is 0.320. The van der Waals surface area contributed by atoms with Crippen molar-refractivity contribution in [3.05, 3.63) is 82.4 Å². The fraction of sp³-hybridized carbons (Fsp3) is 0.125. The molecule has 0 aliphatic heterocycles. The Morgan fingerprint density at radius 2 is 1.48 bits per heavy atom. The summed E-state index contributed by atoms with van der Waals surface area (Å²) < 4.78 is 15.9. The molecule has 0 aliphatic carbocycles. The lowest BCUT2D eigenvalue weighted by Crippen LogP contribution is -2.18. The Morgan fingerprint density at radius 3 is 2.09 bits per heavy atom. The number of hydrogen-bond donors (Lipinski definition) is 2. The second-order valence-electron chi connectivity index (χ2n) is 6.70. The van der Waals surface area contributed by atoms with Gasteiger partial charge < -0.3 is 19.5 Å². The second kappa shape index (κ2) is 11.0. The summed E-state index contributed by atoms with van der Waals surface area (Å²) in [4.78, 5) is 24.9. The molecule has 3 aromatic carbocycles. The van der Waals surface area contributed by atoms with Crippen molar-refractivity contribution in [2.75, 3.05) is 26.6 Å². The fourth-order valence-corrected chi connectivity index (χ4v) is 3.17. The van der Waals surface area contributed by atoms with E-state index in [0.717, 1.165) is 0 Å². The van der Waals surface area contributed by atoms with Crippen LogP contribution in [0.15, 0.2) is 65.8 Å². The number of benzene rings is 3. The van der Waals surface area contributed by atoms with Crippen LogP contribution < -0.4 is 25.0 Å². The molecule has 2 N–H and O–H groups in total. The first-order chi connectivity index (χ1) is 15.9. The van der Waals surface area contributed by atoms with Gasteiger partial charge in [0.2, 0.25) is 5.75 Å². The lowest BCUT2D eigenvalue weighted by atomic mass is 10.1. The van der Waals surface area contributed by atoms with Crippen molar-refractivity contribution in [3.8, 4) is 17.2 Å². The van der Waals surface area contributed by atoms with Gasteiger partial charge in [0.15, 0.2) is 11.5 Å². The molecule has 0 saturated carbocycles. The van der Waals surface area contributed by atoms with E-state index in [0.29, 0.717) is 44.6 Å². The van der Waals surface area contributed by atoms with Gasteiger partial charge in [0.05, 0.1) is 27.5 Å². The Labute approximate surface area is 196 Å². The average molecular weight is 468 g/mol. The molecule has 3 aromatic rings. The number of nitrogens with zero attached hydrogens (tertiary/aromatic N) is 1. The molecule has 0 bridgehead atoms. The quantitative estimate of drug-likeness (QED) is 0.378. The minimum Gasteiger partial charge on any atom is -0.493 e. The highest BCUT2D eigenvalue weighted by Gasteiger charge is 2.13. The van der Waals surface area contributed by atoms with E-state index in [9.17, 15) is 9.59 Å². The molecule has 2 amide bonds. The van der Waals surface area contributed by atoms with Crippen molar-refractivity contribution < 1.29 is 23.8 Å². The number of methoxy groups -OCH3 is 3. The van der Waals surface area contributed by atoms with Crippen LogP contribution in [0.1, 0.15) is 26.3 Å². The zero-order chi connectivity index (χ0) is 23.8. The van der Waals surface area contributed by atoms with E-state index in [2.05, 4.69) is 15.8 Å². The number of anilines is 1. The molecule has 9 heteroatoms.